The Labute approximate surface area is 266 Å². The quantitative estimate of drug-likeness (QED) is 0.144. The molecule has 0 heterocycles. The van der Waals surface area contributed by atoms with Crippen LogP contribution in [0.5, 0.6) is 0 Å². The van der Waals surface area contributed by atoms with Gasteiger partial charge in [0, 0.05) is 18.2 Å². The van der Waals surface area contributed by atoms with Crippen molar-refractivity contribution in [3.05, 3.63) is 36.1 Å². The smallest absolute Gasteiger partial charge is 0.0937 e. The zero-order valence-electron chi connectivity index (χ0n) is 28.4. The molecular weight excluding hydrogens is 536 g/mol. The van der Waals surface area contributed by atoms with Crippen LogP contribution in [0.2, 0.25) is 0 Å². The highest BCUT2D eigenvalue weighted by Gasteiger charge is 2.51. The summed E-state index contributed by atoms with van der Waals surface area (Å²) in [5.41, 5.74) is 2.80. The third-order valence-electron chi connectivity index (χ3n) is 12.0. The van der Waals surface area contributed by atoms with Gasteiger partial charge in [-0.05, 0) is 138 Å². The molecule has 2 N–H and O–H groups in total. The zero-order chi connectivity index (χ0) is 30.6. The lowest BCUT2D eigenvalue weighted by molar-refractivity contribution is -0.0634. The normalized spacial score (nSPS) is 35.0. The Morgan fingerprint density at radius 2 is 1.81 bits per heavy atom. The lowest BCUT2D eigenvalue weighted by atomic mass is 9.49. The van der Waals surface area contributed by atoms with E-state index in [0.717, 1.165) is 56.1 Å². The number of unbranched alkanes of at least 4 members (excludes halogenated alkanes) is 1. The van der Waals surface area contributed by atoms with Crippen molar-refractivity contribution < 1.29 is 4.29 Å². The molecule has 8 atom stereocenters. The maximum Gasteiger partial charge on any atom is 0.0937 e. The topological polar surface area (TPSA) is 33.3 Å². The van der Waals surface area contributed by atoms with Crippen molar-refractivity contribution in [2.45, 2.75) is 143 Å². The Bertz CT molecular complexity index is 869. The monoisotopic (exact) mass is 602 g/mol. The van der Waals surface area contributed by atoms with Gasteiger partial charge < -0.3 is 10.6 Å². The van der Waals surface area contributed by atoms with E-state index >= 15 is 0 Å². The van der Waals surface area contributed by atoms with E-state index in [0.29, 0.717) is 17.3 Å². The second-order valence-corrected chi connectivity index (χ2v) is 15.1. The Kier molecular flexibility index (Phi) is 15.0. The van der Waals surface area contributed by atoms with Gasteiger partial charge in [-0.2, -0.15) is 0 Å². The number of rotatable bonds is 15. The summed E-state index contributed by atoms with van der Waals surface area (Å²) >= 11 is 6.41. The van der Waals surface area contributed by atoms with Crippen LogP contribution < -0.4 is 10.6 Å². The van der Waals surface area contributed by atoms with Gasteiger partial charge in [-0.1, -0.05) is 78.2 Å². The van der Waals surface area contributed by atoms with E-state index in [1.165, 1.54) is 94.7 Å². The highest BCUT2D eigenvalue weighted by molar-refractivity contribution is 6.07. The van der Waals surface area contributed by atoms with Gasteiger partial charge in [-0.25, -0.2) is 0 Å². The highest BCUT2D eigenvalue weighted by atomic mass is 35.5. The second kappa shape index (κ2) is 17.6. The van der Waals surface area contributed by atoms with E-state index in [1.807, 2.05) is 0 Å². The fraction of sp³-hybridized carbons (Fsp3) is 0.842. The molecule has 3 nitrogen and oxygen atoms in total. The van der Waals surface area contributed by atoms with Crippen molar-refractivity contribution in [3.63, 3.8) is 0 Å². The van der Waals surface area contributed by atoms with Crippen LogP contribution in [-0.2, 0) is 4.29 Å². The molecule has 3 aliphatic rings. The first-order valence-electron chi connectivity index (χ1n) is 18.0. The van der Waals surface area contributed by atoms with Gasteiger partial charge in [0.2, 0.25) is 0 Å². The average molecular weight is 603 g/mol. The predicted octanol–water partition coefficient (Wildman–Crippen LogP) is 10.8. The minimum Gasteiger partial charge on any atom is -0.389 e. The zero-order valence-corrected chi connectivity index (χ0v) is 29.2. The molecule has 4 heteroatoms. The van der Waals surface area contributed by atoms with Gasteiger partial charge in [0.05, 0.1) is 17.5 Å². The van der Waals surface area contributed by atoms with E-state index in [1.54, 1.807) is 0 Å². The molecule has 3 fully saturated rings. The number of hydrogen-bond donors (Lipinski definition) is 2. The van der Waals surface area contributed by atoms with Crippen LogP contribution >= 0.6 is 11.9 Å². The fourth-order valence-corrected chi connectivity index (χ4v) is 9.15. The molecule has 0 amide bonds. The molecule has 0 aromatic carbocycles. The number of hydrogen-bond acceptors (Lipinski definition) is 3. The summed E-state index contributed by atoms with van der Waals surface area (Å²) in [6.07, 6.45) is 26.2. The van der Waals surface area contributed by atoms with Gasteiger partial charge in [0.25, 0.3) is 0 Å². The van der Waals surface area contributed by atoms with Crippen molar-refractivity contribution in [2.24, 2.45) is 40.9 Å². The first-order valence-corrected chi connectivity index (χ1v) is 18.3. The third-order valence-corrected chi connectivity index (χ3v) is 12.4. The van der Waals surface area contributed by atoms with Crippen LogP contribution in [-0.4, -0.2) is 25.2 Å². The van der Waals surface area contributed by atoms with E-state index in [-0.39, 0.29) is 5.60 Å². The molecule has 3 rings (SSSR count). The number of halogens is 1. The molecule has 0 aromatic heterocycles. The SMILES string of the molecule is C=C(C[C@H]1CC[C@@]2(C)C(CCC3CCC[C@H](C(/C=C\C(C)CC)=C/C)[C@](C)(OCl)CCC32)C1)NCCCNCCCC. The van der Waals surface area contributed by atoms with Crippen LogP contribution in [0, 0.1) is 40.9 Å². The average Bonchev–Trinajstić information content (AvgIpc) is 3.05. The molecule has 3 aliphatic carbocycles. The maximum absolute atomic E-state index is 6.41. The van der Waals surface area contributed by atoms with Gasteiger partial charge in [-0.15, -0.1) is 0 Å². The van der Waals surface area contributed by atoms with Gasteiger partial charge in [0.15, 0.2) is 0 Å². The van der Waals surface area contributed by atoms with Gasteiger partial charge in [0.1, 0.15) is 0 Å². The third kappa shape index (κ3) is 9.61. The molecule has 4 unspecified atom stereocenters. The number of allylic oxidation sites excluding steroid dienone is 4. The molecule has 242 valence electrons. The summed E-state index contributed by atoms with van der Waals surface area (Å²) in [7, 11) is 0. The Morgan fingerprint density at radius 3 is 2.52 bits per heavy atom. The van der Waals surface area contributed by atoms with Crippen LogP contribution in [0.25, 0.3) is 0 Å². The van der Waals surface area contributed by atoms with Gasteiger partial charge >= 0.3 is 0 Å². The summed E-state index contributed by atoms with van der Waals surface area (Å²) in [5, 5.41) is 7.20. The van der Waals surface area contributed by atoms with E-state index in [4.69, 9.17) is 16.2 Å². The molecular formula is C38H67ClN2O. The van der Waals surface area contributed by atoms with Crippen LogP contribution in [0.4, 0.5) is 0 Å². The molecule has 3 saturated carbocycles. The van der Waals surface area contributed by atoms with Crippen molar-refractivity contribution in [1.82, 2.24) is 10.6 Å². The van der Waals surface area contributed by atoms with Crippen LogP contribution in [0.1, 0.15) is 138 Å². The molecule has 0 spiro atoms. The summed E-state index contributed by atoms with van der Waals surface area (Å²) in [4.78, 5) is 0. The minimum atomic E-state index is -0.326. The first kappa shape index (κ1) is 35.7. The van der Waals surface area contributed by atoms with E-state index in [2.05, 4.69) is 77.0 Å². The van der Waals surface area contributed by atoms with Crippen molar-refractivity contribution in [1.29, 1.82) is 0 Å². The lowest BCUT2D eigenvalue weighted by Crippen LogP contribution is -2.47. The lowest BCUT2D eigenvalue weighted by Gasteiger charge is -2.56. The molecule has 0 aliphatic heterocycles. The number of fused-ring (bicyclic) bond motifs is 3. The molecule has 0 aromatic rings. The highest BCUT2D eigenvalue weighted by Crippen LogP contribution is 2.60. The van der Waals surface area contributed by atoms with Crippen LogP contribution in [0.15, 0.2) is 36.1 Å². The van der Waals surface area contributed by atoms with E-state index in [9.17, 15) is 0 Å². The maximum atomic E-state index is 6.41. The molecule has 0 bridgehead atoms. The summed E-state index contributed by atoms with van der Waals surface area (Å²) in [6.45, 7) is 21.7. The molecule has 0 radical (unpaired) electrons. The summed E-state index contributed by atoms with van der Waals surface area (Å²) < 4.78 is 5.95. The predicted molar refractivity (Wildman–Crippen MR) is 184 cm³/mol. The largest absolute Gasteiger partial charge is 0.389 e. The van der Waals surface area contributed by atoms with E-state index < -0.39 is 0 Å². The second-order valence-electron chi connectivity index (χ2n) is 14.9. The molecule has 0 saturated heterocycles. The summed E-state index contributed by atoms with van der Waals surface area (Å²) in [6, 6.07) is 0. The Morgan fingerprint density at radius 1 is 1.02 bits per heavy atom. The number of nitrogens with one attached hydrogen (secondary N) is 2. The Hall–Kier alpha value is -0.770. The van der Waals surface area contributed by atoms with Crippen LogP contribution in [0.3, 0.4) is 0 Å². The van der Waals surface area contributed by atoms with Crippen molar-refractivity contribution in [3.8, 4) is 0 Å². The standard InChI is InChI=1S/C38H67ClN2O/c1-8-11-24-40-25-13-26-41-30(5)27-31-20-22-37(6)34(28-31)19-18-33-14-12-15-36(32(10-3)17-16-29(4)9-2)38(7,42-39)23-21-35(33)37/h10,16-17,29,31,33-36,40-41H,5,8-9,11-15,18-28H2,1-4,6-7H3/b17-16-,32-10+/t29?,31-,33?,34?,35?,36-,37+,38-/m1/s1. The fourth-order valence-electron chi connectivity index (χ4n) is 8.96. The van der Waals surface area contributed by atoms with Gasteiger partial charge in [-0.3, -0.25) is 4.29 Å². The summed E-state index contributed by atoms with van der Waals surface area (Å²) in [5.74, 6) is 4.22. The van der Waals surface area contributed by atoms with Crippen molar-refractivity contribution in [2.75, 3.05) is 19.6 Å². The molecule has 42 heavy (non-hydrogen) atoms. The minimum absolute atomic E-state index is 0.326. The Balaban J connectivity index is 1.60. The first-order chi connectivity index (χ1) is 20.2. The van der Waals surface area contributed by atoms with Crippen molar-refractivity contribution >= 4 is 11.9 Å².